The van der Waals surface area contributed by atoms with Crippen LogP contribution >= 0.6 is 0 Å². The minimum atomic E-state index is -2.09. The quantitative estimate of drug-likeness (QED) is 0.466. The summed E-state index contributed by atoms with van der Waals surface area (Å²) in [5, 5.41) is 12.4. The van der Waals surface area contributed by atoms with E-state index in [0.717, 1.165) is 5.56 Å². The van der Waals surface area contributed by atoms with Crippen LogP contribution in [0.25, 0.3) is 0 Å². The number of benzene rings is 3. The number of nitrogens with one attached hydrogen (secondary N) is 1. The molecule has 0 spiro atoms. The Bertz CT molecular complexity index is 1160. The number of hydrogen-bond donors (Lipinski definition) is 2. The average molecular weight is 461 g/mol. The third-order valence-electron chi connectivity index (χ3n) is 4.92. The molecule has 2 atom stereocenters. The molecule has 3 aromatic rings. The van der Waals surface area contributed by atoms with Gasteiger partial charge in [0, 0.05) is 5.69 Å². The Kier molecular flexibility index (Phi) is 8.12. The van der Waals surface area contributed by atoms with Crippen molar-refractivity contribution in [1.82, 2.24) is 0 Å². The summed E-state index contributed by atoms with van der Waals surface area (Å²) in [4.78, 5) is 50.5. The standard InChI is InChI=1S/C26H23NO7/c1-2-17-11-9-10-16-20(17)27-23(28)21(33-25(31)18-12-5-3-6-13-18)22(24(29)30)34-26(32)19-14-7-4-8-15-19/h3-16,21-22H,2H2,1H3,(H,27,28)(H,29,30)/t21-,22+/m1/s1. The summed E-state index contributed by atoms with van der Waals surface area (Å²) >= 11 is 0. The molecule has 0 fully saturated rings. The molecule has 0 saturated heterocycles. The van der Waals surface area contributed by atoms with Crippen molar-refractivity contribution in [2.45, 2.75) is 25.6 Å². The number of para-hydroxylation sites is 1. The van der Waals surface area contributed by atoms with E-state index in [9.17, 15) is 24.3 Å². The predicted molar refractivity (Wildman–Crippen MR) is 123 cm³/mol. The lowest BCUT2D eigenvalue weighted by Crippen LogP contribution is -2.48. The number of aliphatic carboxylic acids is 1. The van der Waals surface area contributed by atoms with Crippen molar-refractivity contribution in [3.63, 3.8) is 0 Å². The van der Waals surface area contributed by atoms with E-state index in [-0.39, 0.29) is 11.1 Å². The number of carboxylic acids is 1. The Morgan fingerprint density at radius 3 is 1.71 bits per heavy atom. The summed E-state index contributed by atoms with van der Waals surface area (Å²) in [6.07, 6.45) is -3.45. The number of carbonyl (C=O) groups excluding carboxylic acids is 3. The molecule has 8 heteroatoms. The maximum atomic E-state index is 13.2. The largest absolute Gasteiger partial charge is 0.478 e. The zero-order chi connectivity index (χ0) is 24.5. The first kappa shape index (κ1) is 24.2. The van der Waals surface area contributed by atoms with Gasteiger partial charge in [-0.25, -0.2) is 14.4 Å². The summed E-state index contributed by atoms with van der Waals surface area (Å²) < 4.78 is 10.4. The molecular weight excluding hydrogens is 438 g/mol. The Balaban J connectivity index is 1.92. The van der Waals surface area contributed by atoms with Crippen LogP contribution in [-0.2, 0) is 25.5 Å². The van der Waals surface area contributed by atoms with Gasteiger partial charge in [0.15, 0.2) is 0 Å². The number of anilines is 1. The molecule has 0 bridgehead atoms. The van der Waals surface area contributed by atoms with Gasteiger partial charge in [0.25, 0.3) is 5.91 Å². The van der Waals surface area contributed by atoms with Crippen molar-refractivity contribution in [2.75, 3.05) is 5.32 Å². The van der Waals surface area contributed by atoms with Crippen molar-refractivity contribution in [3.05, 3.63) is 102 Å². The van der Waals surface area contributed by atoms with Gasteiger partial charge in [-0.3, -0.25) is 4.79 Å². The number of carbonyl (C=O) groups is 4. The van der Waals surface area contributed by atoms with E-state index in [1.807, 2.05) is 6.92 Å². The van der Waals surface area contributed by atoms with Crippen LogP contribution in [0.15, 0.2) is 84.9 Å². The second-order valence-corrected chi connectivity index (χ2v) is 7.22. The Hall–Kier alpha value is -4.46. The van der Waals surface area contributed by atoms with Crippen LogP contribution in [0.5, 0.6) is 0 Å². The molecule has 8 nitrogen and oxygen atoms in total. The fraction of sp³-hybridized carbons (Fsp3) is 0.154. The van der Waals surface area contributed by atoms with Crippen LogP contribution in [0.4, 0.5) is 5.69 Å². The number of carboxylic acid groups (broad SMARTS) is 1. The topological polar surface area (TPSA) is 119 Å². The summed E-state index contributed by atoms with van der Waals surface area (Å²) in [7, 11) is 0. The molecule has 174 valence electrons. The monoisotopic (exact) mass is 461 g/mol. The number of amides is 1. The molecule has 0 unspecified atom stereocenters. The first-order chi connectivity index (χ1) is 16.4. The molecule has 0 heterocycles. The smallest absolute Gasteiger partial charge is 0.349 e. The number of esters is 2. The second kappa shape index (κ2) is 11.4. The normalized spacial score (nSPS) is 12.1. The van der Waals surface area contributed by atoms with E-state index in [1.165, 1.54) is 24.3 Å². The van der Waals surface area contributed by atoms with Gasteiger partial charge in [0.2, 0.25) is 12.2 Å². The third kappa shape index (κ3) is 6.07. The van der Waals surface area contributed by atoms with Crippen LogP contribution in [0.2, 0.25) is 0 Å². The molecular formula is C26H23NO7. The Morgan fingerprint density at radius 2 is 1.21 bits per heavy atom. The fourth-order valence-electron chi connectivity index (χ4n) is 3.16. The van der Waals surface area contributed by atoms with Crippen LogP contribution in [0.1, 0.15) is 33.2 Å². The van der Waals surface area contributed by atoms with E-state index in [4.69, 9.17) is 9.47 Å². The fourth-order valence-corrected chi connectivity index (χ4v) is 3.16. The average Bonchev–Trinajstić information content (AvgIpc) is 2.87. The van der Waals surface area contributed by atoms with Gasteiger partial charge in [-0.15, -0.1) is 0 Å². The van der Waals surface area contributed by atoms with E-state index < -0.39 is 36.0 Å². The van der Waals surface area contributed by atoms with Gasteiger partial charge in [0.05, 0.1) is 11.1 Å². The first-order valence-corrected chi connectivity index (χ1v) is 10.5. The lowest BCUT2D eigenvalue weighted by Gasteiger charge is -2.24. The zero-order valence-electron chi connectivity index (χ0n) is 18.3. The lowest BCUT2D eigenvalue weighted by molar-refractivity contribution is -0.157. The SMILES string of the molecule is CCc1ccccc1NC(=O)[C@H](OC(=O)c1ccccc1)[C@H](OC(=O)c1ccccc1)C(=O)O. The highest BCUT2D eigenvalue weighted by Crippen LogP contribution is 2.19. The van der Waals surface area contributed by atoms with Crippen LogP contribution < -0.4 is 5.32 Å². The molecule has 0 aromatic heterocycles. The number of ether oxygens (including phenoxy) is 2. The van der Waals surface area contributed by atoms with Crippen molar-refractivity contribution < 1.29 is 33.8 Å². The van der Waals surface area contributed by atoms with Gasteiger partial charge in [-0.05, 0) is 42.3 Å². The van der Waals surface area contributed by atoms with Gasteiger partial charge in [-0.1, -0.05) is 61.5 Å². The van der Waals surface area contributed by atoms with Crippen LogP contribution in [0.3, 0.4) is 0 Å². The predicted octanol–water partition coefficient (Wildman–Crippen LogP) is 3.72. The minimum Gasteiger partial charge on any atom is -0.478 e. The molecule has 0 aliphatic rings. The van der Waals surface area contributed by atoms with Crippen molar-refractivity contribution in [1.29, 1.82) is 0 Å². The number of aryl methyl sites for hydroxylation is 1. The molecule has 0 aliphatic carbocycles. The Labute approximate surface area is 196 Å². The maximum Gasteiger partial charge on any atom is 0.349 e. The second-order valence-electron chi connectivity index (χ2n) is 7.22. The first-order valence-electron chi connectivity index (χ1n) is 10.5. The molecule has 34 heavy (non-hydrogen) atoms. The van der Waals surface area contributed by atoms with Crippen molar-refractivity contribution >= 4 is 29.5 Å². The molecule has 3 rings (SSSR count). The minimum absolute atomic E-state index is 0.0821. The highest BCUT2D eigenvalue weighted by Gasteiger charge is 2.41. The van der Waals surface area contributed by atoms with Gasteiger partial charge < -0.3 is 19.9 Å². The summed E-state index contributed by atoms with van der Waals surface area (Å²) in [6, 6.07) is 22.4. The van der Waals surface area contributed by atoms with E-state index in [0.29, 0.717) is 12.1 Å². The van der Waals surface area contributed by atoms with E-state index in [2.05, 4.69) is 5.32 Å². The number of rotatable bonds is 9. The molecule has 1 amide bonds. The molecule has 0 radical (unpaired) electrons. The van der Waals surface area contributed by atoms with Crippen molar-refractivity contribution in [2.24, 2.45) is 0 Å². The van der Waals surface area contributed by atoms with Gasteiger partial charge >= 0.3 is 17.9 Å². The van der Waals surface area contributed by atoms with Crippen LogP contribution in [0, 0.1) is 0 Å². The van der Waals surface area contributed by atoms with E-state index >= 15 is 0 Å². The highest BCUT2D eigenvalue weighted by atomic mass is 16.6. The molecule has 0 saturated carbocycles. The maximum absolute atomic E-state index is 13.2. The highest BCUT2D eigenvalue weighted by molar-refractivity contribution is 6.01. The summed E-state index contributed by atoms with van der Waals surface area (Å²) in [6.45, 7) is 1.89. The summed E-state index contributed by atoms with van der Waals surface area (Å²) in [5.41, 5.74) is 1.40. The third-order valence-corrected chi connectivity index (χ3v) is 4.92. The Morgan fingerprint density at radius 1 is 0.735 bits per heavy atom. The lowest BCUT2D eigenvalue weighted by atomic mass is 10.1. The van der Waals surface area contributed by atoms with Crippen molar-refractivity contribution in [3.8, 4) is 0 Å². The molecule has 2 N–H and O–H groups in total. The molecule has 3 aromatic carbocycles. The molecule has 0 aliphatic heterocycles. The zero-order valence-corrected chi connectivity index (χ0v) is 18.3. The summed E-state index contributed by atoms with van der Waals surface area (Å²) in [5.74, 6) is -4.51. The number of hydrogen-bond acceptors (Lipinski definition) is 6. The van der Waals surface area contributed by atoms with Crippen LogP contribution in [-0.4, -0.2) is 41.1 Å². The van der Waals surface area contributed by atoms with E-state index in [1.54, 1.807) is 60.7 Å². The van der Waals surface area contributed by atoms with Gasteiger partial charge in [0.1, 0.15) is 0 Å². The van der Waals surface area contributed by atoms with Gasteiger partial charge in [-0.2, -0.15) is 0 Å².